The maximum atomic E-state index is 12.4. The monoisotopic (exact) mass is 273 g/mol. The van der Waals surface area contributed by atoms with Crippen LogP contribution in [0.1, 0.15) is 24.3 Å². The van der Waals surface area contributed by atoms with Gasteiger partial charge in [0.05, 0.1) is 0 Å². The number of likely N-dealkylation sites (N-methyl/N-ethyl adjacent to an activating group) is 1. The van der Waals surface area contributed by atoms with Crippen LogP contribution in [0.3, 0.4) is 0 Å². The Morgan fingerprint density at radius 2 is 2.22 bits per heavy atom. The van der Waals surface area contributed by atoms with Crippen LogP contribution in [-0.2, 0) is 10.0 Å². The van der Waals surface area contributed by atoms with Crippen molar-refractivity contribution in [3.05, 3.63) is 11.5 Å². The number of nitrogens with zero attached hydrogens (tertiary/aromatic N) is 2. The molecule has 0 aliphatic carbocycles. The van der Waals surface area contributed by atoms with Crippen LogP contribution in [0.15, 0.2) is 9.42 Å². The van der Waals surface area contributed by atoms with Crippen molar-refractivity contribution in [1.29, 1.82) is 0 Å². The molecule has 1 atom stereocenters. The van der Waals surface area contributed by atoms with Crippen molar-refractivity contribution in [2.45, 2.75) is 37.6 Å². The Balaban J connectivity index is 2.20. The fourth-order valence-corrected chi connectivity index (χ4v) is 3.82. The van der Waals surface area contributed by atoms with Gasteiger partial charge in [-0.15, -0.1) is 0 Å². The number of aryl methyl sites for hydroxylation is 2. The van der Waals surface area contributed by atoms with Crippen molar-refractivity contribution in [3.63, 3.8) is 0 Å². The Bertz CT molecular complexity index is 498. The normalized spacial score (nSPS) is 20.8. The molecule has 1 aliphatic heterocycles. The molecule has 0 amide bonds. The van der Waals surface area contributed by atoms with E-state index in [1.807, 2.05) is 0 Å². The molecular weight excluding hydrogens is 254 g/mol. The van der Waals surface area contributed by atoms with Crippen LogP contribution >= 0.6 is 0 Å². The molecule has 102 valence electrons. The zero-order valence-electron chi connectivity index (χ0n) is 10.9. The molecule has 6 nitrogen and oxygen atoms in total. The summed E-state index contributed by atoms with van der Waals surface area (Å²) in [6, 6.07) is 0.241. The first-order chi connectivity index (χ1) is 8.43. The van der Waals surface area contributed by atoms with E-state index in [9.17, 15) is 8.42 Å². The Hall–Kier alpha value is -0.920. The Labute approximate surface area is 107 Å². The third-order valence-corrected chi connectivity index (χ3v) is 5.34. The van der Waals surface area contributed by atoms with E-state index in [4.69, 9.17) is 4.52 Å². The second-order valence-corrected chi connectivity index (χ2v) is 6.71. The zero-order valence-corrected chi connectivity index (χ0v) is 11.7. The van der Waals surface area contributed by atoms with Gasteiger partial charge in [-0.1, -0.05) is 5.16 Å². The largest absolute Gasteiger partial charge is 0.360 e. The first-order valence-electron chi connectivity index (χ1n) is 6.05. The lowest BCUT2D eigenvalue weighted by molar-refractivity contribution is 0.388. The zero-order chi connectivity index (χ0) is 13.3. The summed E-state index contributed by atoms with van der Waals surface area (Å²) in [7, 11) is -1.91. The second kappa shape index (κ2) is 4.99. The number of rotatable bonds is 4. The van der Waals surface area contributed by atoms with E-state index in [1.165, 1.54) is 4.31 Å². The average Bonchev–Trinajstić information content (AvgIpc) is 2.89. The van der Waals surface area contributed by atoms with Gasteiger partial charge in [-0.2, -0.15) is 4.31 Å². The molecule has 0 bridgehead atoms. The lowest BCUT2D eigenvalue weighted by Crippen LogP contribution is -2.38. The summed E-state index contributed by atoms with van der Waals surface area (Å²) in [6.45, 7) is 4.70. The Morgan fingerprint density at radius 3 is 2.72 bits per heavy atom. The van der Waals surface area contributed by atoms with Crippen LogP contribution in [0.2, 0.25) is 0 Å². The third-order valence-electron chi connectivity index (χ3n) is 3.28. The lowest BCUT2D eigenvalue weighted by Gasteiger charge is -2.20. The van der Waals surface area contributed by atoms with Crippen LogP contribution in [0.5, 0.6) is 0 Å². The van der Waals surface area contributed by atoms with E-state index in [0.717, 1.165) is 19.4 Å². The summed E-state index contributed by atoms with van der Waals surface area (Å²) in [5.74, 6) is 0.346. The summed E-state index contributed by atoms with van der Waals surface area (Å²) in [6.07, 6.45) is 2.12. The Morgan fingerprint density at radius 1 is 1.50 bits per heavy atom. The van der Waals surface area contributed by atoms with Crippen molar-refractivity contribution in [2.24, 2.45) is 0 Å². The molecule has 0 aromatic carbocycles. The van der Waals surface area contributed by atoms with E-state index in [0.29, 0.717) is 18.0 Å². The number of sulfonamides is 1. The highest BCUT2D eigenvalue weighted by Gasteiger charge is 2.30. The summed E-state index contributed by atoms with van der Waals surface area (Å²) < 4.78 is 31.1. The molecule has 1 saturated heterocycles. The van der Waals surface area contributed by atoms with Crippen LogP contribution in [0.25, 0.3) is 0 Å². The predicted octanol–water partition coefficient (Wildman–Crippen LogP) is 0.664. The van der Waals surface area contributed by atoms with Gasteiger partial charge in [0.25, 0.3) is 0 Å². The quantitative estimate of drug-likeness (QED) is 0.872. The molecule has 18 heavy (non-hydrogen) atoms. The first-order valence-corrected chi connectivity index (χ1v) is 7.49. The predicted molar refractivity (Wildman–Crippen MR) is 66.8 cm³/mol. The van der Waals surface area contributed by atoms with Crippen LogP contribution in [-0.4, -0.2) is 44.1 Å². The summed E-state index contributed by atoms with van der Waals surface area (Å²) in [4.78, 5) is 0.197. The summed E-state index contributed by atoms with van der Waals surface area (Å²) in [5, 5.41) is 6.99. The standard InChI is InChI=1S/C11H19N3O3S/c1-8-11(9(2)17-13-8)18(15,16)14(3)7-10-5-4-6-12-10/h10,12H,4-7H2,1-3H3. The number of aromatic nitrogens is 1. The van der Waals surface area contributed by atoms with Gasteiger partial charge in [0, 0.05) is 19.6 Å². The van der Waals surface area contributed by atoms with Crippen molar-refractivity contribution in [3.8, 4) is 0 Å². The van der Waals surface area contributed by atoms with E-state index in [1.54, 1.807) is 20.9 Å². The van der Waals surface area contributed by atoms with E-state index >= 15 is 0 Å². The van der Waals surface area contributed by atoms with Crippen molar-refractivity contribution < 1.29 is 12.9 Å². The molecule has 2 heterocycles. The maximum Gasteiger partial charge on any atom is 0.248 e. The minimum atomic E-state index is -3.51. The van der Waals surface area contributed by atoms with Crippen LogP contribution in [0.4, 0.5) is 0 Å². The first kappa shape index (κ1) is 13.5. The highest BCUT2D eigenvalue weighted by Crippen LogP contribution is 2.23. The lowest BCUT2D eigenvalue weighted by atomic mass is 10.2. The minimum Gasteiger partial charge on any atom is -0.360 e. The van der Waals surface area contributed by atoms with Gasteiger partial charge in [-0.3, -0.25) is 0 Å². The molecule has 2 rings (SSSR count). The van der Waals surface area contributed by atoms with Gasteiger partial charge in [0.1, 0.15) is 10.6 Å². The molecule has 1 aliphatic rings. The van der Waals surface area contributed by atoms with E-state index in [-0.39, 0.29) is 10.9 Å². The molecule has 0 spiro atoms. The van der Waals surface area contributed by atoms with Crippen molar-refractivity contribution >= 4 is 10.0 Å². The highest BCUT2D eigenvalue weighted by atomic mass is 32.2. The van der Waals surface area contributed by atoms with E-state index in [2.05, 4.69) is 10.5 Å². The van der Waals surface area contributed by atoms with Crippen molar-refractivity contribution in [1.82, 2.24) is 14.8 Å². The number of nitrogens with one attached hydrogen (secondary N) is 1. The molecule has 1 unspecified atom stereocenters. The van der Waals surface area contributed by atoms with Crippen LogP contribution < -0.4 is 5.32 Å². The molecule has 1 aromatic rings. The molecule has 0 radical (unpaired) electrons. The summed E-state index contributed by atoms with van der Waals surface area (Å²) >= 11 is 0. The Kier molecular flexibility index (Phi) is 3.74. The maximum absolute atomic E-state index is 12.4. The molecule has 7 heteroatoms. The molecule has 0 saturated carbocycles. The van der Waals surface area contributed by atoms with Gasteiger partial charge in [0.2, 0.25) is 10.0 Å². The van der Waals surface area contributed by atoms with Gasteiger partial charge in [0.15, 0.2) is 5.76 Å². The molecule has 1 aromatic heterocycles. The van der Waals surface area contributed by atoms with E-state index < -0.39 is 10.0 Å². The van der Waals surface area contributed by atoms with Gasteiger partial charge >= 0.3 is 0 Å². The SMILES string of the molecule is Cc1noc(C)c1S(=O)(=O)N(C)CC1CCCN1. The number of hydrogen-bond donors (Lipinski definition) is 1. The smallest absolute Gasteiger partial charge is 0.248 e. The second-order valence-electron chi connectivity index (χ2n) is 4.73. The third kappa shape index (κ3) is 2.43. The topological polar surface area (TPSA) is 75.4 Å². The van der Waals surface area contributed by atoms with Gasteiger partial charge in [-0.25, -0.2) is 8.42 Å². The van der Waals surface area contributed by atoms with Crippen LogP contribution in [0, 0.1) is 13.8 Å². The summed E-state index contributed by atoms with van der Waals surface area (Å²) in [5.41, 5.74) is 0.415. The van der Waals surface area contributed by atoms with Gasteiger partial charge < -0.3 is 9.84 Å². The molecular formula is C11H19N3O3S. The average molecular weight is 273 g/mol. The molecule has 1 fully saturated rings. The fraction of sp³-hybridized carbons (Fsp3) is 0.727. The highest BCUT2D eigenvalue weighted by molar-refractivity contribution is 7.89. The molecule has 1 N–H and O–H groups in total. The van der Waals surface area contributed by atoms with Gasteiger partial charge in [-0.05, 0) is 33.2 Å². The minimum absolute atomic E-state index is 0.197. The fourth-order valence-electron chi connectivity index (χ4n) is 2.32. The van der Waals surface area contributed by atoms with Crippen molar-refractivity contribution in [2.75, 3.05) is 20.1 Å². The number of hydrogen-bond acceptors (Lipinski definition) is 5.